The summed E-state index contributed by atoms with van der Waals surface area (Å²) in [5.41, 5.74) is 1.91. The number of fused-ring (bicyclic) bond motifs is 2. The second-order valence-electron chi connectivity index (χ2n) is 6.59. The molecule has 0 saturated carbocycles. The monoisotopic (exact) mass is 364 g/mol. The summed E-state index contributed by atoms with van der Waals surface area (Å²) >= 11 is 1.56. The van der Waals surface area contributed by atoms with Crippen molar-refractivity contribution in [1.29, 1.82) is 0 Å². The van der Waals surface area contributed by atoms with E-state index in [9.17, 15) is 4.79 Å². The fourth-order valence-corrected chi connectivity index (χ4v) is 4.53. The van der Waals surface area contributed by atoms with Gasteiger partial charge in [-0.15, -0.1) is 11.3 Å². The molecule has 1 heterocycles. The van der Waals surface area contributed by atoms with Crippen LogP contribution in [0.25, 0.3) is 32.0 Å². The van der Waals surface area contributed by atoms with E-state index >= 15 is 0 Å². The number of rotatable bonds is 3. The smallest absolute Gasteiger partial charge is 0.202 e. The Kier molecular flexibility index (Phi) is 3.84. The van der Waals surface area contributed by atoms with Gasteiger partial charge in [0.25, 0.3) is 0 Å². The van der Waals surface area contributed by atoms with Gasteiger partial charge in [-0.2, -0.15) is 0 Å². The number of carbonyl (C=O) groups excluding carboxylic acids is 1. The molecule has 4 aromatic carbocycles. The first-order valence-electron chi connectivity index (χ1n) is 8.91. The molecule has 0 bridgehead atoms. The summed E-state index contributed by atoms with van der Waals surface area (Å²) in [5.74, 6) is 0.0811. The summed E-state index contributed by atoms with van der Waals surface area (Å²) in [6.45, 7) is 0. The van der Waals surface area contributed by atoms with Crippen molar-refractivity contribution in [3.05, 3.63) is 108 Å². The topological polar surface area (TPSA) is 17.1 Å². The van der Waals surface area contributed by atoms with Crippen molar-refractivity contribution in [2.24, 2.45) is 0 Å². The number of ketones is 1. The third kappa shape index (κ3) is 2.84. The van der Waals surface area contributed by atoms with Gasteiger partial charge in [0.15, 0.2) is 0 Å². The molecule has 0 unspecified atom stereocenters. The van der Waals surface area contributed by atoms with E-state index in [0.29, 0.717) is 0 Å². The zero-order valence-corrected chi connectivity index (χ0v) is 15.4. The predicted octanol–water partition coefficient (Wildman–Crippen LogP) is 6.95. The number of hydrogen-bond acceptors (Lipinski definition) is 2. The highest BCUT2D eigenvalue weighted by atomic mass is 32.1. The molecule has 1 aromatic heterocycles. The molecule has 128 valence electrons. The average molecular weight is 364 g/mol. The predicted molar refractivity (Wildman–Crippen MR) is 115 cm³/mol. The lowest BCUT2D eigenvalue weighted by Crippen LogP contribution is -1.97. The van der Waals surface area contributed by atoms with Crippen molar-refractivity contribution in [2.45, 2.75) is 0 Å². The highest BCUT2D eigenvalue weighted by Gasteiger charge is 2.14. The summed E-state index contributed by atoms with van der Waals surface area (Å²) in [6.07, 6.45) is 0. The van der Waals surface area contributed by atoms with Gasteiger partial charge >= 0.3 is 0 Å². The fraction of sp³-hybridized carbons (Fsp3) is 0. The van der Waals surface area contributed by atoms with Gasteiger partial charge < -0.3 is 0 Å². The molecule has 0 atom stereocenters. The van der Waals surface area contributed by atoms with Gasteiger partial charge in [-0.1, -0.05) is 72.8 Å². The van der Waals surface area contributed by atoms with Crippen LogP contribution in [0.15, 0.2) is 97.1 Å². The van der Waals surface area contributed by atoms with Crippen LogP contribution in [0, 0.1) is 0 Å². The summed E-state index contributed by atoms with van der Waals surface area (Å²) in [4.78, 5) is 14.6. The fourth-order valence-electron chi connectivity index (χ4n) is 3.52. The minimum absolute atomic E-state index is 0.0811. The molecule has 0 aliphatic carbocycles. The quantitative estimate of drug-likeness (QED) is 0.250. The van der Waals surface area contributed by atoms with Crippen molar-refractivity contribution >= 4 is 38.7 Å². The Hall–Kier alpha value is -3.23. The maximum absolute atomic E-state index is 12.7. The van der Waals surface area contributed by atoms with Crippen LogP contribution < -0.4 is 0 Å². The SMILES string of the molecule is O=C(c1ccccc1)c1ccc(-c2cccc3cc4ccccc4cc23)s1. The molecule has 0 aliphatic rings. The first kappa shape index (κ1) is 16.0. The summed E-state index contributed by atoms with van der Waals surface area (Å²) in [7, 11) is 0. The van der Waals surface area contributed by atoms with Crippen molar-refractivity contribution in [3.63, 3.8) is 0 Å². The lowest BCUT2D eigenvalue weighted by Gasteiger charge is -2.07. The van der Waals surface area contributed by atoms with Gasteiger partial charge in [0, 0.05) is 10.4 Å². The zero-order chi connectivity index (χ0) is 18.2. The normalized spacial score (nSPS) is 11.1. The van der Waals surface area contributed by atoms with Crippen molar-refractivity contribution < 1.29 is 4.79 Å². The van der Waals surface area contributed by atoms with E-state index in [4.69, 9.17) is 0 Å². The van der Waals surface area contributed by atoms with Crippen LogP contribution in [0.5, 0.6) is 0 Å². The summed E-state index contributed by atoms with van der Waals surface area (Å²) in [5, 5.41) is 4.91. The van der Waals surface area contributed by atoms with Crippen LogP contribution in [-0.4, -0.2) is 5.78 Å². The Bertz CT molecular complexity index is 1280. The van der Waals surface area contributed by atoms with Gasteiger partial charge in [0.05, 0.1) is 4.88 Å². The van der Waals surface area contributed by atoms with Gasteiger partial charge in [-0.3, -0.25) is 4.79 Å². The zero-order valence-electron chi connectivity index (χ0n) is 14.6. The second-order valence-corrected chi connectivity index (χ2v) is 7.67. The molecule has 5 rings (SSSR count). The van der Waals surface area contributed by atoms with E-state index in [1.807, 2.05) is 36.4 Å². The summed E-state index contributed by atoms with van der Waals surface area (Å²) in [6, 6.07) is 32.7. The van der Waals surface area contributed by atoms with E-state index < -0.39 is 0 Å². The van der Waals surface area contributed by atoms with Crippen molar-refractivity contribution in [2.75, 3.05) is 0 Å². The minimum atomic E-state index is 0.0811. The van der Waals surface area contributed by atoms with Gasteiger partial charge in [-0.25, -0.2) is 0 Å². The van der Waals surface area contributed by atoms with Gasteiger partial charge in [0.2, 0.25) is 5.78 Å². The van der Waals surface area contributed by atoms with Crippen LogP contribution in [0.4, 0.5) is 0 Å². The molecule has 0 saturated heterocycles. The van der Waals surface area contributed by atoms with Crippen LogP contribution in [-0.2, 0) is 0 Å². The Morgan fingerprint density at radius 3 is 2.15 bits per heavy atom. The Balaban J connectivity index is 1.63. The molecule has 0 radical (unpaired) electrons. The molecule has 27 heavy (non-hydrogen) atoms. The maximum atomic E-state index is 12.7. The highest BCUT2D eigenvalue weighted by molar-refractivity contribution is 7.17. The number of carbonyl (C=O) groups is 1. The Morgan fingerprint density at radius 1 is 0.630 bits per heavy atom. The molecular formula is C25H16OS. The van der Waals surface area contributed by atoms with E-state index in [1.165, 1.54) is 27.1 Å². The van der Waals surface area contributed by atoms with Crippen LogP contribution in [0.2, 0.25) is 0 Å². The van der Waals surface area contributed by atoms with Crippen LogP contribution in [0.1, 0.15) is 15.2 Å². The van der Waals surface area contributed by atoms with Crippen molar-refractivity contribution in [3.8, 4) is 10.4 Å². The molecule has 5 aromatic rings. The molecule has 0 spiro atoms. The highest BCUT2D eigenvalue weighted by Crippen LogP contribution is 2.36. The largest absolute Gasteiger partial charge is 0.288 e. The molecule has 0 fully saturated rings. The van der Waals surface area contributed by atoms with Gasteiger partial charge in [-0.05, 0) is 51.4 Å². The van der Waals surface area contributed by atoms with Crippen LogP contribution in [0.3, 0.4) is 0 Å². The first-order chi connectivity index (χ1) is 13.3. The number of benzene rings is 4. The lowest BCUT2D eigenvalue weighted by molar-refractivity contribution is 0.104. The maximum Gasteiger partial charge on any atom is 0.202 e. The Morgan fingerprint density at radius 2 is 1.33 bits per heavy atom. The lowest BCUT2D eigenvalue weighted by atomic mass is 9.99. The molecule has 0 aliphatic heterocycles. The molecule has 0 amide bonds. The number of hydrogen-bond donors (Lipinski definition) is 0. The third-order valence-corrected chi connectivity index (χ3v) is 6.00. The van der Waals surface area contributed by atoms with E-state index in [-0.39, 0.29) is 5.78 Å². The average Bonchev–Trinajstić information content (AvgIpc) is 3.22. The first-order valence-corrected chi connectivity index (χ1v) is 9.73. The second kappa shape index (κ2) is 6.49. The standard InChI is InChI=1S/C25H16OS/c26-25(17-7-2-1-3-8-17)24-14-13-23(27-24)21-12-6-11-20-15-18-9-4-5-10-19(18)16-22(20)21/h1-16H. The summed E-state index contributed by atoms with van der Waals surface area (Å²) < 4.78 is 0. The Labute approximate surface area is 161 Å². The van der Waals surface area contributed by atoms with Crippen LogP contribution >= 0.6 is 11.3 Å². The molecule has 0 N–H and O–H groups in total. The number of thiophene rings is 1. The van der Waals surface area contributed by atoms with E-state index in [2.05, 4.69) is 60.7 Å². The van der Waals surface area contributed by atoms with E-state index in [0.717, 1.165) is 15.3 Å². The van der Waals surface area contributed by atoms with Crippen molar-refractivity contribution in [1.82, 2.24) is 0 Å². The third-order valence-electron chi connectivity index (χ3n) is 4.88. The minimum Gasteiger partial charge on any atom is -0.288 e. The molecule has 2 heteroatoms. The van der Waals surface area contributed by atoms with Gasteiger partial charge in [0.1, 0.15) is 0 Å². The molecule has 1 nitrogen and oxygen atoms in total. The van der Waals surface area contributed by atoms with E-state index in [1.54, 1.807) is 11.3 Å². The molecular weight excluding hydrogens is 348 g/mol.